The van der Waals surface area contributed by atoms with Crippen LogP contribution in [0.4, 0.5) is 13.2 Å². The van der Waals surface area contributed by atoms with Gasteiger partial charge in [-0.2, -0.15) is 13.2 Å². The maximum Gasteiger partial charge on any atom is 0.416 e. The molecule has 0 aliphatic heterocycles. The van der Waals surface area contributed by atoms with E-state index in [-0.39, 0.29) is 0 Å². The highest BCUT2D eigenvalue weighted by Gasteiger charge is 2.30. The number of halogens is 3. The van der Waals surface area contributed by atoms with Crippen molar-refractivity contribution in [2.24, 2.45) is 0 Å². The topological polar surface area (TPSA) is 0 Å². The number of hydrogen-bond donors (Lipinski definition) is 0. The molecule has 0 unspecified atom stereocenters. The molecule has 0 aliphatic carbocycles. The summed E-state index contributed by atoms with van der Waals surface area (Å²) in [4.78, 5) is 0. The van der Waals surface area contributed by atoms with Crippen LogP contribution in [0.2, 0.25) is 0 Å². The van der Waals surface area contributed by atoms with Crippen molar-refractivity contribution in [3.63, 3.8) is 0 Å². The van der Waals surface area contributed by atoms with Crippen LogP contribution in [-0.4, -0.2) is 0 Å². The Bertz CT molecular complexity index is 600. The van der Waals surface area contributed by atoms with Crippen LogP contribution >= 0.6 is 0 Å². The van der Waals surface area contributed by atoms with Gasteiger partial charge in [0.15, 0.2) is 0 Å². The fraction of sp³-hybridized carbons (Fsp3) is 0.316. The van der Waals surface area contributed by atoms with Crippen molar-refractivity contribution in [1.29, 1.82) is 0 Å². The minimum atomic E-state index is -4.31. The molecule has 117 valence electrons. The Morgan fingerprint density at radius 2 is 1.64 bits per heavy atom. The number of benzene rings is 2. The van der Waals surface area contributed by atoms with Gasteiger partial charge < -0.3 is 0 Å². The van der Waals surface area contributed by atoms with E-state index < -0.39 is 11.7 Å². The first-order valence-electron chi connectivity index (χ1n) is 7.57. The van der Waals surface area contributed by atoms with Crippen molar-refractivity contribution in [1.82, 2.24) is 0 Å². The van der Waals surface area contributed by atoms with E-state index in [1.165, 1.54) is 12.1 Å². The van der Waals surface area contributed by atoms with Crippen molar-refractivity contribution in [3.8, 4) is 11.1 Å². The lowest BCUT2D eigenvalue weighted by molar-refractivity contribution is -0.137. The predicted molar refractivity (Wildman–Crippen MR) is 84.4 cm³/mol. The second-order valence-corrected chi connectivity index (χ2v) is 5.40. The van der Waals surface area contributed by atoms with Crippen LogP contribution in [0.1, 0.15) is 36.8 Å². The Morgan fingerprint density at radius 3 is 2.36 bits per heavy atom. The lowest BCUT2D eigenvalue weighted by atomic mass is 9.94. The first kappa shape index (κ1) is 16.6. The third-order valence-electron chi connectivity index (χ3n) is 3.71. The molecule has 2 aromatic rings. The minimum absolute atomic E-state index is 0.600. The monoisotopic (exact) mass is 305 g/mol. The second kappa shape index (κ2) is 7.48. The molecule has 0 fully saturated rings. The molecule has 0 aromatic heterocycles. The fourth-order valence-corrected chi connectivity index (χ4v) is 2.55. The smallest absolute Gasteiger partial charge is 0.166 e. The SMILES string of the molecule is [CH2]CCCCCc1ccccc1-c1cccc(C(F)(F)F)c1. The zero-order valence-corrected chi connectivity index (χ0v) is 12.5. The average molecular weight is 305 g/mol. The first-order valence-corrected chi connectivity index (χ1v) is 7.57. The van der Waals surface area contributed by atoms with Crippen LogP contribution in [0.25, 0.3) is 11.1 Å². The molecule has 0 N–H and O–H groups in total. The molecule has 0 bridgehead atoms. The van der Waals surface area contributed by atoms with E-state index >= 15 is 0 Å². The van der Waals surface area contributed by atoms with E-state index in [0.29, 0.717) is 5.56 Å². The van der Waals surface area contributed by atoms with Gasteiger partial charge in [-0.3, -0.25) is 0 Å². The van der Waals surface area contributed by atoms with E-state index in [1.54, 1.807) is 6.07 Å². The molecule has 0 amide bonds. The van der Waals surface area contributed by atoms with Crippen molar-refractivity contribution >= 4 is 0 Å². The molecule has 0 aliphatic rings. The fourth-order valence-electron chi connectivity index (χ4n) is 2.55. The van der Waals surface area contributed by atoms with Crippen molar-refractivity contribution in [2.45, 2.75) is 38.3 Å². The molecular formula is C19H20F3. The van der Waals surface area contributed by atoms with Crippen LogP contribution in [0.3, 0.4) is 0 Å². The molecule has 0 heterocycles. The maximum absolute atomic E-state index is 12.9. The summed E-state index contributed by atoms with van der Waals surface area (Å²) < 4.78 is 38.6. The Kier molecular flexibility index (Phi) is 5.64. The zero-order chi connectivity index (χ0) is 16.0. The van der Waals surface area contributed by atoms with Crippen LogP contribution in [-0.2, 0) is 12.6 Å². The molecule has 3 heteroatoms. The number of hydrogen-bond acceptors (Lipinski definition) is 0. The Balaban J connectivity index is 2.25. The van der Waals surface area contributed by atoms with Crippen LogP contribution in [0.15, 0.2) is 48.5 Å². The predicted octanol–water partition coefficient (Wildman–Crippen LogP) is 6.31. The molecule has 0 atom stereocenters. The normalized spacial score (nSPS) is 11.6. The summed E-state index contributed by atoms with van der Waals surface area (Å²) in [5.41, 5.74) is 2.02. The highest BCUT2D eigenvalue weighted by atomic mass is 19.4. The lowest BCUT2D eigenvalue weighted by Crippen LogP contribution is -2.04. The summed E-state index contributed by atoms with van der Waals surface area (Å²) in [7, 11) is 0. The molecule has 2 aromatic carbocycles. The Hall–Kier alpha value is -1.77. The standard InChI is InChI=1S/C19H20F3/c1-2-3-4-5-9-15-10-6-7-13-18(15)16-11-8-12-17(14-16)19(20,21)22/h6-8,10-14H,1-5,9H2. The van der Waals surface area contributed by atoms with Gasteiger partial charge in [-0.15, -0.1) is 0 Å². The zero-order valence-electron chi connectivity index (χ0n) is 12.5. The third-order valence-corrected chi connectivity index (χ3v) is 3.71. The summed E-state index contributed by atoms with van der Waals surface area (Å²) in [6.45, 7) is 3.82. The van der Waals surface area contributed by atoms with Gasteiger partial charge in [0.2, 0.25) is 0 Å². The highest BCUT2D eigenvalue weighted by Crippen LogP contribution is 2.33. The molecule has 1 radical (unpaired) electrons. The number of rotatable bonds is 6. The second-order valence-electron chi connectivity index (χ2n) is 5.40. The van der Waals surface area contributed by atoms with Gasteiger partial charge in [-0.05, 0) is 41.7 Å². The lowest BCUT2D eigenvalue weighted by Gasteiger charge is -2.12. The highest BCUT2D eigenvalue weighted by molar-refractivity contribution is 5.68. The van der Waals surface area contributed by atoms with Gasteiger partial charge in [0.1, 0.15) is 0 Å². The molecule has 0 spiro atoms. The third kappa shape index (κ3) is 4.36. The molecule has 0 saturated heterocycles. The van der Waals surface area contributed by atoms with E-state index in [4.69, 9.17) is 0 Å². The van der Waals surface area contributed by atoms with E-state index in [1.807, 2.05) is 24.3 Å². The molecule has 22 heavy (non-hydrogen) atoms. The van der Waals surface area contributed by atoms with Gasteiger partial charge in [0, 0.05) is 0 Å². The Labute approximate surface area is 130 Å². The Morgan fingerprint density at radius 1 is 0.864 bits per heavy atom. The summed E-state index contributed by atoms with van der Waals surface area (Å²) in [6.07, 6.45) is 0.721. The van der Waals surface area contributed by atoms with Gasteiger partial charge in [-0.25, -0.2) is 0 Å². The van der Waals surface area contributed by atoms with E-state index in [0.717, 1.165) is 49.3 Å². The van der Waals surface area contributed by atoms with E-state index in [2.05, 4.69) is 6.92 Å². The average Bonchev–Trinajstić information content (AvgIpc) is 2.51. The summed E-state index contributed by atoms with van der Waals surface area (Å²) in [6, 6.07) is 13.3. The van der Waals surface area contributed by atoms with Crippen LogP contribution in [0, 0.1) is 6.92 Å². The van der Waals surface area contributed by atoms with Crippen LogP contribution < -0.4 is 0 Å². The van der Waals surface area contributed by atoms with Gasteiger partial charge in [0.25, 0.3) is 0 Å². The van der Waals surface area contributed by atoms with Crippen LogP contribution in [0.5, 0.6) is 0 Å². The number of aryl methyl sites for hydroxylation is 1. The van der Waals surface area contributed by atoms with Gasteiger partial charge in [-0.1, -0.05) is 62.6 Å². The summed E-state index contributed by atoms with van der Waals surface area (Å²) >= 11 is 0. The maximum atomic E-state index is 12.9. The molecule has 0 nitrogen and oxygen atoms in total. The minimum Gasteiger partial charge on any atom is -0.166 e. The summed E-state index contributed by atoms with van der Waals surface area (Å²) in [5, 5.41) is 0. The van der Waals surface area contributed by atoms with Crippen molar-refractivity contribution < 1.29 is 13.2 Å². The van der Waals surface area contributed by atoms with Gasteiger partial charge in [0.05, 0.1) is 5.56 Å². The number of alkyl halides is 3. The quantitative estimate of drug-likeness (QED) is 0.549. The first-order chi connectivity index (χ1) is 10.5. The molecule has 0 saturated carbocycles. The van der Waals surface area contributed by atoms with Gasteiger partial charge >= 0.3 is 6.18 Å². The number of unbranched alkanes of at least 4 members (excludes halogenated alkanes) is 3. The van der Waals surface area contributed by atoms with Crippen molar-refractivity contribution in [3.05, 3.63) is 66.6 Å². The molecule has 2 rings (SSSR count). The largest absolute Gasteiger partial charge is 0.416 e. The van der Waals surface area contributed by atoms with Crippen molar-refractivity contribution in [2.75, 3.05) is 0 Å². The molecular weight excluding hydrogens is 285 g/mol. The van der Waals surface area contributed by atoms with E-state index in [9.17, 15) is 13.2 Å². The summed E-state index contributed by atoms with van der Waals surface area (Å²) in [5.74, 6) is 0.